The lowest BCUT2D eigenvalue weighted by Crippen LogP contribution is -2.15. The van der Waals surface area contributed by atoms with Crippen molar-refractivity contribution in [3.05, 3.63) is 0 Å². The largest absolute Gasteiger partial charge is 0.353 e. The third-order valence-corrected chi connectivity index (χ3v) is 0.995. The summed E-state index contributed by atoms with van der Waals surface area (Å²) in [5, 5.41) is 2.31. The lowest BCUT2D eigenvalue weighted by Gasteiger charge is -1.84. The number of alkyl halides is 1. The number of amides is 1. The number of nitrogens with one attached hydrogen (secondary N) is 1. The molecular formula is C4H6FNO. The molecule has 0 spiro atoms. The standard InChI is InChI=1S/C4H6FNO/c5-3-1-4(3)6-2-7/h2-4H,1H2,(H,6,7)/t3-,4-/m1/s1. The van der Waals surface area contributed by atoms with Gasteiger partial charge in [0.15, 0.2) is 0 Å². The second kappa shape index (κ2) is 1.48. The van der Waals surface area contributed by atoms with Gasteiger partial charge in [-0.15, -0.1) is 0 Å². The van der Waals surface area contributed by atoms with E-state index in [1.165, 1.54) is 0 Å². The van der Waals surface area contributed by atoms with Crippen molar-refractivity contribution in [1.29, 1.82) is 0 Å². The minimum atomic E-state index is -0.773. The first kappa shape index (κ1) is 4.56. The van der Waals surface area contributed by atoms with Gasteiger partial charge in [-0.1, -0.05) is 0 Å². The van der Waals surface area contributed by atoms with Crippen LogP contribution in [0.2, 0.25) is 0 Å². The molecule has 0 aromatic rings. The molecule has 0 unspecified atom stereocenters. The fourth-order valence-electron chi connectivity index (χ4n) is 0.424. The zero-order valence-electron chi connectivity index (χ0n) is 3.73. The minimum absolute atomic E-state index is 0.169. The molecule has 0 aromatic carbocycles. The van der Waals surface area contributed by atoms with Crippen molar-refractivity contribution in [2.45, 2.75) is 18.6 Å². The summed E-state index contributed by atoms with van der Waals surface area (Å²) in [6.45, 7) is 0. The minimum Gasteiger partial charge on any atom is -0.353 e. The second-order valence-electron chi connectivity index (χ2n) is 1.64. The van der Waals surface area contributed by atoms with Crippen LogP contribution in [0.5, 0.6) is 0 Å². The number of rotatable bonds is 2. The van der Waals surface area contributed by atoms with Gasteiger partial charge in [0, 0.05) is 6.42 Å². The second-order valence-corrected chi connectivity index (χ2v) is 1.64. The van der Waals surface area contributed by atoms with Crippen LogP contribution < -0.4 is 5.32 Å². The number of halogens is 1. The maximum absolute atomic E-state index is 11.7. The average molecular weight is 103 g/mol. The van der Waals surface area contributed by atoms with E-state index in [9.17, 15) is 9.18 Å². The fourth-order valence-corrected chi connectivity index (χ4v) is 0.424. The Morgan fingerprint density at radius 3 is 2.57 bits per heavy atom. The van der Waals surface area contributed by atoms with Gasteiger partial charge >= 0.3 is 0 Å². The molecule has 0 aliphatic heterocycles. The zero-order valence-corrected chi connectivity index (χ0v) is 3.73. The van der Waals surface area contributed by atoms with Gasteiger partial charge in [-0.2, -0.15) is 0 Å². The van der Waals surface area contributed by atoms with Crippen LogP contribution in [0, 0.1) is 0 Å². The molecule has 0 radical (unpaired) electrons. The molecule has 1 aliphatic carbocycles. The molecule has 1 rings (SSSR count). The van der Waals surface area contributed by atoms with Crippen molar-refractivity contribution < 1.29 is 9.18 Å². The van der Waals surface area contributed by atoms with Gasteiger partial charge in [0.25, 0.3) is 0 Å². The van der Waals surface area contributed by atoms with E-state index in [4.69, 9.17) is 0 Å². The third-order valence-electron chi connectivity index (χ3n) is 0.995. The first-order chi connectivity index (χ1) is 3.34. The summed E-state index contributed by atoms with van der Waals surface area (Å²) in [6.07, 6.45) is 0.258. The maximum atomic E-state index is 11.7. The predicted molar refractivity (Wildman–Crippen MR) is 22.5 cm³/mol. The van der Waals surface area contributed by atoms with E-state index in [0.29, 0.717) is 12.8 Å². The predicted octanol–water partition coefficient (Wildman–Crippen LogP) is -0.157. The zero-order chi connectivity index (χ0) is 5.28. The Morgan fingerprint density at radius 1 is 1.86 bits per heavy atom. The molecule has 7 heavy (non-hydrogen) atoms. The van der Waals surface area contributed by atoms with Crippen LogP contribution in [0.4, 0.5) is 4.39 Å². The number of carbonyl (C=O) groups excluding carboxylic acids is 1. The van der Waals surface area contributed by atoms with Crippen molar-refractivity contribution in [2.24, 2.45) is 0 Å². The molecule has 1 amide bonds. The Kier molecular flexibility index (Phi) is 0.964. The highest BCUT2D eigenvalue weighted by Gasteiger charge is 2.36. The smallest absolute Gasteiger partial charge is 0.207 e. The quantitative estimate of drug-likeness (QED) is 0.483. The van der Waals surface area contributed by atoms with Gasteiger partial charge in [0.1, 0.15) is 6.17 Å². The van der Waals surface area contributed by atoms with Crippen molar-refractivity contribution in [3.63, 3.8) is 0 Å². The van der Waals surface area contributed by atoms with Crippen LogP contribution in [0.15, 0.2) is 0 Å². The summed E-state index contributed by atoms with van der Waals surface area (Å²) in [4.78, 5) is 9.52. The van der Waals surface area contributed by atoms with Crippen LogP contribution in [-0.4, -0.2) is 18.6 Å². The van der Waals surface area contributed by atoms with Crippen LogP contribution in [0.1, 0.15) is 6.42 Å². The van der Waals surface area contributed by atoms with E-state index < -0.39 is 6.17 Å². The van der Waals surface area contributed by atoms with E-state index in [1.807, 2.05) is 0 Å². The summed E-state index contributed by atoms with van der Waals surface area (Å²) >= 11 is 0. The Bertz CT molecular complexity index is 85.8. The first-order valence-electron chi connectivity index (χ1n) is 2.18. The summed E-state index contributed by atoms with van der Waals surface area (Å²) in [5.74, 6) is 0. The normalized spacial score (nSPS) is 37.3. The van der Waals surface area contributed by atoms with Crippen molar-refractivity contribution >= 4 is 6.41 Å². The fraction of sp³-hybridized carbons (Fsp3) is 0.750. The summed E-state index contributed by atoms with van der Waals surface area (Å²) in [5.41, 5.74) is 0. The molecule has 0 heterocycles. The maximum Gasteiger partial charge on any atom is 0.207 e. The highest BCUT2D eigenvalue weighted by atomic mass is 19.1. The lowest BCUT2D eigenvalue weighted by molar-refractivity contribution is -0.109. The highest BCUT2D eigenvalue weighted by molar-refractivity contribution is 5.47. The molecule has 1 fully saturated rings. The SMILES string of the molecule is O=CN[C@@H]1C[C@H]1F. The lowest BCUT2D eigenvalue weighted by atomic mass is 10.7. The molecule has 3 heteroatoms. The van der Waals surface area contributed by atoms with Crippen LogP contribution in [-0.2, 0) is 4.79 Å². The van der Waals surface area contributed by atoms with E-state index in [1.54, 1.807) is 0 Å². The van der Waals surface area contributed by atoms with E-state index in [0.717, 1.165) is 0 Å². The molecule has 0 saturated heterocycles. The van der Waals surface area contributed by atoms with E-state index >= 15 is 0 Å². The topological polar surface area (TPSA) is 29.1 Å². The van der Waals surface area contributed by atoms with Gasteiger partial charge < -0.3 is 5.32 Å². The average Bonchev–Trinajstić information content (AvgIpc) is 2.22. The summed E-state index contributed by atoms with van der Waals surface area (Å²) in [7, 11) is 0. The van der Waals surface area contributed by atoms with Crippen LogP contribution in [0.25, 0.3) is 0 Å². The van der Waals surface area contributed by atoms with E-state index in [-0.39, 0.29) is 6.04 Å². The Labute approximate surface area is 40.7 Å². The summed E-state index contributed by atoms with van der Waals surface area (Å²) in [6, 6.07) is -0.169. The molecular weight excluding hydrogens is 97.0 g/mol. The van der Waals surface area contributed by atoms with Gasteiger partial charge in [0.2, 0.25) is 6.41 Å². The number of carbonyl (C=O) groups is 1. The number of hydrogen-bond donors (Lipinski definition) is 1. The number of hydrogen-bond acceptors (Lipinski definition) is 1. The molecule has 0 bridgehead atoms. The Balaban J connectivity index is 2.08. The van der Waals surface area contributed by atoms with E-state index in [2.05, 4.69) is 5.32 Å². The monoisotopic (exact) mass is 103 g/mol. The van der Waals surface area contributed by atoms with Crippen LogP contribution in [0.3, 0.4) is 0 Å². The molecule has 1 aliphatic rings. The highest BCUT2D eigenvalue weighted by Crippen LogP contribution is 2.23. The van der Waals surface area contributed by atoms with Gasteiger partial charge in [-0.3, -0.25) is 4.79 Å². The third kappa shape index (κ3) is 0.885. The molecule has 2 nitrogen and oxygen atoms in total. The molecule has 2 atom stereocenters. The molecule has 1 saturated carbocycles. The van der Waals surface area contributed by atoms with Gasteiger partial charge in [-0.25, -0.2) is 4.39 Å². The van der Waals surface area contributed by atoms with Gasteiger partial charge in [-0.05, 0) is 0 Å². The van der Waals surface area contributed by atoms with Crippen molar-refractivity contribution in [1.82, 2.24) is 5.32 Å². The summed E-state index contributed by atoms with van der Waals surface area (Å²) < 4.78 is 11.7. The van der Waals surface area contributed by atoms with Crippen molar-refractivity contribution in [2.75, 3.05) is 0 Å². The van der Waals surface area contributed by atoms with Gasteiger partial charge in [0.05, 0.1) is 6.04 Å². The molecule has 0 aromatic heterocycles. The first-order valence-corrected chi connectivity index (χ1v) is 2.18. The Hall–Kier alpha value is -0.600. The molecule has 40 valence electrons. The Morgan fingerprint density at radius 2 is 2.43 bits per heavy atom. The van der Waals surface area contributed by atoms with Crippen molar-refractivity contribution in [3.8, 4) is 0 Å². The molecule has 1 N–H and O–H groups in total. The van der Waals surface area contributed by atoms with Crippen LogP contribution >= 0.6 is 0 Å².